The Balaban J connectivity index is 2.42. The Morgan fingerprint density at radius 2 is 2.15 bits per heavy atom. The van der Waals surface area contributed by atoms with Gasteiger partial charge < -0.3 is 10.1 Å². The molecule has 0 spiro atoms. The molecule has 0 fully saturated rings. The maximum absolute atomic E-state index is 11.0. The number of hydrogen-bond acceptors (Lipinski definition) is 5. The largest absolute Gasteiger partial charge is 0.448 e. The highest BCUT2D eigenvalue weighted by atomic mass is 79.9. The minimum atomic E-state index is -0.520. The first-order valence-corrected chi connectivity index (χ1v) is 6.61. The Morgan fingerprint density at radius 3 is 2.85 bits per heavy atom. The number of benzene rings is 1. The van der Waals surface area contributed by atoms with Gasteiger partial charge in [-0.2, -0.15) is 0 Å². The van der Waals surface area contributed by atoms with E-state index in [-0.39, 0.29) is 11.4 Å². The molecule has 20 heavy (non-hydrogen) atoms. The van der Waals surface area contributed by atoms with Gasteiger partial charge in [-0.15, -0.1) is 0 Å². The van der Waals surface area contributed by atoms with Crippen molar-refractivity contribution >= 4 is 21.6 Å². The summed E-state index contributed by atoms with van der Waals surface area (Å²) in [7, 11) is 1.82. The predicted molar refractivity (Wildman–Crippen MR) is 77.9 cm³/mol. The normalized spacial score (nSPS) is 10.3. The first kappa shape index (κ1) is 14.4. The summed E-state index contributed by atoms with van der Waals surface area (Å²) in [6.07, 6.45) is 2.63. The van der Waals surface area contributed by atoms with Gasteiger partial charge in [-0.25, -0.2) is 0 Å². The van der Waals surface area contributed by atoms with Crippen molar-refractivity contribution in [1.29, 1.82) is 0 Å². The van der Waals surface area contributed by atoms with E-state index in [2.05, 4.69) is 26.2 Å². The van der Waals surface area contributed by atoms with Gasteiger partial charge in [0, 0.05) is 18.3 Å². The molecule has 104 valence electrons. The van der Waals surface area contributed by atoms with Crippen molar-refractivity contribution in [2.45, 2.75) is 6.54 Å². The van der Waals surface area contributed by atoms with Crippen molar-refractivity contribution in [2.24, 2.45) is 0 Å². The van der Waals surface area contributed by atoms with E-state index in [0.29, 0.717) is 16.8 Å². The summed E-state index contributed by atoms with van der Waals surface area (Å²) in [6.45, 7) is 0.604. The first-order valence-electron chi connectivity index (χ1n) is 5.81. The van der Waals surface area contributed by atoms with E-state index in [1.54, 1.807) is 6.07 Å². The summed E-state index contributed by atoms with van der Waals surface area (Å²) >= 11 is 3.23. The van der Waals surface area contributed by atoms with Crippen molar-refractivity contribution in [3.63, 3.8) is 0 Å². The number of para-hydroxylation sites is 1. The Morgan fingerprint density at radius 1 is 1.40 bits per heavy atom. The zero-order valence-electron chi connectivity index (χ0n) is 10.7. The third-order valence-corrected chi connectivity index (χ3v) is 3.15. The van der Waals surface area contributed by atoms with Gasteiger partial charge >= 0.3 is 5.69 Å². The van der Waals surface area contributed by atoms with Gasteiger partial charge in [-0.1, -0.05) is 18.2 Å². The summed E-state index contributed by atoms with van der Waals surface area (Å²) in [5, 5.41) is 14.1. The van der Waals surface area contributed by atoms with Gasteiger partial charge in [0.2, 0.25) is 5.75 Å². The predicted octanol–water partition coefficient (Wildman–Crippen LogP) is 3.26. The van der Waals surface area contributed by atoms with Crippen LogP contribution in [0.25, 0.3) is 0 Å². The van der Waals surface area contributed by atoms with Crippen LogP contribution in [0.1, 0.15) is 5.56 Å². The van der Waals surface area contributed by atoms with E-state index in [4.69, 9.17) is 4.74 Å². The van der Waals surface area contributed by atoms with Crippen LogP contribution in [0.4, 0.5) is 5.69 Å². The summed E-state index contributed by atoms with van der Waals surface area (Å²) in [4.78, 5) is 14.3. The summed E-state index contributed by atoms with van der Waals surface area (Å²) in [6, 6.07) is 7.36. The fourth-order valence-corrected chi connectivity index (χ4v) is 2.10. The Bertz CT molecular complexity index is 634. The molecule has 0 aliphatic heterocycles. The van der Waals surface area contributed by atoms with Crippen molar-refractivity contribution < 1.29 is 9.66 Å². The van der Waals surface area contributed by atoms with Crippen molar-refractivity contribution in [2.75, 3.05) is 7.05 Å². The van der Waals surface area contributed by atoms with E-state index in [1.165, 1.54) is 12.4 Å². The van der Waals surface area contributed by atoms with Crippen LogP contribution in [0, 0.1) is 10.1 Å². The van der Waals surface area contributed by atoms with Gasteiger partial charge in [0.05, 0.1) is 9.40 Å². The van der Waals surface area contributed by atoms with Crippen LogP contribution in [-0.4, -0.2) is 17.0 Å². The van der Waals surface area contributed by atoms with Gasteiger partial charge in [-0.3, -0.25) is 15.1 Å². The molecule has 0 amide bonds. The second kappa shape index (κ2) is 6.44. The average Bonchev–Trinajstić information content (AvgIpc) is 2.43. The second-order valence-corrected chi connectivity index (χ2v) is 4.82. The number of nitro groups is 1. The average molecular weight is 338 g/mol. The molecule has 2 rings (SSSR count). The van der Waals surface area contributed by atoms with Gasteiger partial charge in [0.25, 0.3) is 0 Å². The van der Waals surface area contributed by atoms with Crippen LogP contribution in [-0.2, 0) is 6.54 Å². The molecule has 2 aromatic rings. The van der Waals surface area contributed by atoms with Crippen molar-refractivity contribution in [3.8, 4) is 11.5 Å². The van der Waals surface area contributed by atoms with Crippen LogP contribution in [0.3, 0.4) is 0 Å². The lowest BCUT2D eigenvalue weighted by Crippen LogP contribution is -2.06. The molecule has 0 atom stereocenters. The number of nitrogens with zero attached hydrogens (tertiary/aromatic N) is 2. The molecule has 0 unspecified atom stereocenters. The second-order valence-electron chi connectivity index (χ2n) is 3.97. The molecular weight excluding hydrogens is 326 g/mol. The summed E-state index contributed by atoms with van der Waals surface area (Å²) in [5.41, 5.74) is 0.728. The highest BCUT2D eigenvalue weighted by Gasteiger charge is 2.20. The zero-order valence-corrected chi connectivity index (χ0v) is 12.3. The number of pyridine rings is 1. The minimum absolute atomic E-state index is 0.147. The van der Waals surface area contributed by atoms with Crippen molar-refractivity contribution in [1.82, 2.24) is 10.3 Å². The highest BCUT2D eigenvalue weighted by Crippen LogP contribution is 2.38. The fraction of sp³-hybridized carbons (Fsp3) is 0.154. The van der Waals surface area contributed by atoms with Gasteiger partial charge in [0.15, 0.2) is 0 Å². The van der Waals surface area contributed by atoms with E-state index >= 15 is 0 Å². The molecular formula is C13H12BrN3O3. The lowest BCUT2D eigenvalue weighted by atomic mass is 10.2. The van der Waals surface area contributed by atoms with E-state index in [0.717, 1.165) is 5.56 Å². The smallest absolute Gasteiger partial charge is 0.330 e. The lowest BCUT2D eigenvalue weighted by Gasteiger charge is -2.11. The Kier molecular flexibility index (Phi) is 4.65. The number of hydrogen-bond donors (Lipinski definition) is 1. The monoisotopic (exact) mass is 337 g/mol. The number of halogens is 1. The van der Waals surface area contributed by atoms with Crippen LogP contribution < -0.4 is 10.1 Å². The molecule has 0 saturated heterocycles. The molecule has 1 heterocycles. The molecule has 1 N–H and O–H groups in total. The molecule has 7 heteroatoms. The molecule has 0 saturated carbocycles. The van der Waals surface area contributed by atoms with Gasteiger partial charge in [-0.05, 0) is 29.0 Å². The third kappa shape index (κ3) is 3.12. The Hall–Kier alpha value is -1.99. The molecule has 1 aromatic heterocycles. The molecule has 0 aliphatic carbocycles. The van der Waals surface area contributed by atoms with Gasteiger partial charge in [0.1, 0.15) is 11.9 Å². The Labute approximate surface area is 124 Å². The topological polar surface area (TPSA) is 77.3 Å². The van der Waals surface area contributed by atoms with E-state index in [1.807, 2.05) is 25.2 Å². The van der Waals surface area contributed by atoms with E-state index < -0.39 is 4.92 Å². The lowest BCUT2D eigenvalue weighted by molar-refractivity contribution is -0.386. The highest BCUT2D eigenvalue weighted by molar-refractivity contribution is 9.10. The zero-order chi connectivity index (χ0) is 14.5. The third-order valence-electron chi connectivity index (χ3n) is 2.58. The van der Waals surface area contributed by atoms with Crippen LogP contribution in [0.2, 0.25) is 0 Å². The number of nitrogens with one attached hydrogen (secondary N) is 1. The van der Waals surface area contributed by atoms with Crippen molar-refractivity contribution in [3.05, 3.63) is 56.8 Å². The number of rotatable bonds is 5. The fourth-order valence-electron chi connectivity index (χ4n) is 1.69. The van der Waals surface area contributed by atoms with Crippen LogP contribution in [0.15, 0.2) is 41.1 Å². The minimum Gasteiger partial charge on any atom is -0.448 e. The molecule has 0 radical (unpaired) electrons. The van der Waals surface area contributed by atoms with Crippen LogP contribution in [0.5, 0.6) is 11.5 Å². The molecule has 0 aliphatic rings. The first-order chi connectivity index (χ1) is 9.63. The summed E-state index contributed by atoms with van der Waals surface area (Å²) in [5.74, 6) is 0.713. The van der Waals surface area contributed by atoms with E-state index in [9.17, 15) is 10.1 Å². The molecule has 0 bridgehead atoms. The summed E-state index contributed by atoms with van der Waals surface area (Å²) < 4.78 is 6.15. The van der Waals surface area contributed by atoms with Crippen LogP contribution >= 0.6 is 15.9 Å². The maximum atomic E-state index is 11.0. The molecule has 6 nitrogen and oxygen atoms in total. The molecule has 1 aromatic carbocycles. The number of aromatic nitrogens is 1. The SMILES string of the molecule is CNCc1ccccc1Oc1c(Br)cncc1[N+](=O)[O-]. The standard InChI is InChI=1S/C13H12BrN3O3/c1-15-6-9-4-2-3-5-12(9)20-13-10(14)7-16-8-11(13)17(18)19/h2-5,7-8,15H,6H2,1H3. The number of ether oxygens (including phenoxy) is 1. The maximum Gasteiger partial charge on any atom is 0.330 e. The quantitative estimate of drug-likeness (QED) is 0.669.